The molecular formula is C10H11N5O4. The number of nitrogens with zero attached hydrogens (tertiary/aromatic N) is 3. The molecule has 9 heteroatoms. The van der Waals surface area contributed by atoms with Gasteiger partial charge in [-0.15, -0.1) is 0 Å². The Kier molecular flexibility index (Phi) is 3.55. The van der Waals surface area contributed by atoms with Gasteiger partial charge in [0.2, 0.25) is 5.89 Å². The minimum Gasteiger partial charge on any atom is -0.480 e. The Morgan fingerprint density at radius 3 is 2.89 bits per heavy atom. The molecule has 0 aliphatic carbocycles. The number of H-pyrrole nitrogens is 1. The minimum absolute atomic E-state index is 0.0813. The number of amides is 1. The Bertz CT molecular complexity index is 577. The van der Waals surface area contributed by atoms with Crippen molar-refractivity contribution in [2.45, 2.75) is 19.4 Å². The number of carbonyl (C=O) groups is 2. The van der Waals surface area contributed by atoms with E-state index in [2.05, 4.69) is 29.9 Å². The van der Waals surface area contributed by atoms with Crippen LogP contribution in [0.3, 0.4) is 0 Å². The molecule has 9 nitrogen and oxygen atoms in total. The summed E-state index contributed by atoms with van der Waals surface area (Å²) in [5.41, 5.74) is 0.594. The van der Waals surface area contributed by atoms with E-state index in [0.717, 1.165) is 0 Å². The number of aromatic amines is 1. The van der Waals surface area contributed by atoms with Crippen LogP contribution in [0, 0.1) is 6.92 Å². The first-order chi connectivity index (χ1) is 9.06. The Morgan fingerprint density at radius 1 is 1.58 bits per heavy atom. The van der Waals surface area contributed by atoms with Gasteiger partial charge in [0.05, 0.1) is 6.33 Å². The summed E-state index contributed by atoms with van der Waals surface area (Å²) in [6.07, 6.45) is 3.00. The maximum Gasteiger partial charge on any atom is 0.326 e. The van der Waals surface area contributed by atoms with Crippen LogP contribution in [-0.2, 0) is 11.2 Å². The molecule has 2 heterocycles. The normalized spacial score (nSPS) is 12.1. The van der Waals surface area contributed by atoms with Crippen molar-refractivity contribution in [2.75, 3.05) is 0 Å². The largest absolute Gasteiger partial charge is 0.480 e. The maximum atomic E-state index is 11.7. The van der Waals surface area contributed by atoms with E-state index in [1.54, 1.807) is 0 Å². The Hall–Kier alpha value is -2.71. The smallest absolute Gasteiger partial charge is 0.326 e. The maximum absolute atomic E-state index is 11.7. The lowest BCUT2D eigenvalue weighted by Gasteiger charge is -2.11. The minimum atomic E-state index is -1.16. The van der Waals surface area contributed by atoms with Crippen LogP contribution in [0.4, 0.5) is 0 Å². The number of carboxylic acid groups (broad SMARTS) is 1. The van der Waals surface area contributed by atoms with E-state index in [1.807, 2.05) is 0 Å². The molecule has 0 radical (unpaired) electrons. The summed E-state index contributed by atoms with van der Waals surface area (Å²) in [5.74, 6) is -1.84. The molecule has 0 saturated heterocycles. The molecule has 1 amide bonds. The van der Waals surface area contributed by atoms with Crippen molar-refractivity contribution in [3.63, 3.8) is 0 Å². The molecule has 0 bridgehead atoms. The fraction of sp³-hybridized carbons (Fsp3) is 0.300. The van der Waals surface area contributed by atoms with E-state index in [4.69, 9.17) is 5.11 Å². The van der Waals surface area contributed by atoms with Crippen LogP contribution < -0.4 is 5.32 Å². The third-order valence-corrected chi connectivity index (χ3v) is 2.31. The number of carbonyl (C=O) groups excluding carboxylic acids is 1. The predicted octanol–water partition coefficient (Wildman–Crippen LogP) is -0.473. The van der Waals surface area contributed by atoms with Gasteiger partial charge in [0.1, 0.15) is 6.04 Å². The monoisotopic (exact) mass is 265 g/mol. The first-order valence-electron chi connectivity index (χ1n) is 5.37. The summed E-state index contributed by atoms with van der Waals surface area (Å²) in [6, 6.07) is -1.10. The summed E-state index contributed by atoms with van der Waals surface area (Å²) in [7, 11) is 0. The molecule has 3 N–H and O–H groups in total. The lowest BCUT2D eigenvalue weighted by atomic mass is 10.1. The van der Waals surface area contributed by atoms with Gasteiger partial charge in [-0.2, -0.15) is 4.98 Å². The van der Waals surface area contributed by atoms with E-state index in [0.29, 0.717) is 5.69 Å². The number of imidazole rings is 1. The zero-order valence-electron chi connectivity index (χ0n) is 9.95. The highest BCUT2D eigenvalue weighted by Crippen LogP contribution is 2.01. The van der Waals surface area contributed by atoms with E-state index >= 15 is 0 Å². The van der Waals surface area contributed by atoms with Crippen LogP contribution in [-0.4, -0.2) is 43.1 Å². The Balaban J connectivity index is 2.04. The Morgan fingerprint density at radius 2 is 2.37 bits per heavy atom. The molecular weight excluding hydrogens is 254 g/mol. The van der Waals surface area contributed by atoms with Gasteiger partial charge in [-0.3, -0.25) is 4.79 Å². The first-order valence-corrected chi connectivity index (χ1v) is 5.37. The van der Waals surface area contributed by atoms with Crippen molar-refractivity contribution in [3.8, 4) is 0 Å². The molecule has 0 fully saturated rings. The average Bonchev–Trinajstić information content (AvgIpc) is 2.99. The molecule has 0 spiro atoms. The van der Waals surface area contributed by atoms with Gasteiger partial charge in [-0.1, -0.05) is 5.16 Å². The SMILES string of the molecule is Cc1nc(C(=O)N[C@@H](Cc2cnc[nH]2)C(=O)O)no1. The summed E-state index contributed by atoms with van der Waals surface area (Å²) in [4.78, 5) is 33.1. The van der Waals surface area contributed by atoms with Crippen molar-refractivity contribution in [2.24, 2.45) is 0 Å². The third kappa shape index (κ3) is 3.15. The van der Waals surface area contributed by atoms with Gasteiger partial charge in [-0.25, -0.2) is 9.78 Å². The highest BCUT2D eigenvalue weighted by Gasteiger charge is 2.23. The van der Waals surface area contributed by atoms with Gasteiger partial charge in [0.15, 0.2) is 0 Å². The average molecular weight is 265 g/mol. The van der Waals surface area contributed by atoms with Crippen LogP contribution in [0.2, 0.25) is 0 Å². The molecule has 2 aromatic rings. The number of nitrogens with one attached hydrogen (secondary N) is 2. The molecule has 1 atom stereocenters. The van der Waals surface area contributed by atoms with Gasteiger partial charge in [0, 0.05) is 25.2 Å². The number of hydrogen-bond donors (Lipinski definition) is 3. The fourth-order valence-corrected chi connectivity index (χ4v) is 1.43. The second-order valence-electron chi connectivity index (χ2n) is 3.78. The fourth-order valence-electron chi connectivity index (χ4n) is 1.43. The van der Waals surface area contributed by atoms with Crippen LogP contribution in [0.1, 0.15) is 22.2 Å². The van der Waals surface area contributed by atoms with Crippen molar-refractivity contribution in [3.05, 3.63) is 29.9 Å². The molecule has 0 saturated carbocycles. The number of aryl methyl sites for hydroxylation is 1. The molecule has 2 aromatic heterocycles. The van der Waals surface area contributed by atoms with E-state index in [1.165, 1.54) is 19.4 Å². The lowest BCUT2D eigenvalue weighted by Crippen LogP contribution is -2.42. The number of carboxylic acids is 1. The van der Waals surface area contributed by atoms with E-state index in [-0.39, 0.29) is 18.1 Å². The predicted molar refractivity (Wildman–Crippen MR) is 60.2 cm³/mol. The topological polar surface area (TPSA) is 134 Å². The summed E-state index contributed by atoms with van der Waals surface area (Å²) >= 11 is 0. The van der Waals surface area contributed by atoms with Crippen molar-refractivity contribution in [1.29, 1.82) is 0 Å². The quantitative estimate of drug-likeness (QED) is 0.665. The van der Waals surface area contributed by atoms with Gasteiger partial charge >= 0.3 is 5.97 Å². The second-order valence-corrected chi connectivity index (χ2v) is 3.78. The molecule has 2 rings (SSSR count). The number of aromatic nitrogens is 4. The highest BCUT2D eigenvalue weighted by atomic mass is 16.5. The first kappa shape index (κ1) is 12.7. The van der Waals surface area contributed by atoms with Crippen molar-refractivity contribution >= 4 is 11.9 Å². The van der Waals surface area contributed by atoms with Gasteiger partial charge < -0.3 is 19.9 Å². The molecule has 0 aromatic carbocycles. The van der Waals surface area contributed by atoms with Crippen LogP contribution in [0.15, 0.2) is 17.0 Å². The van der Waals surface area contributed by atoms with Gasteiger partial charge in [0.25, 0.3) is 11.7 Å². The van der Waals surface area contributed by atoms with Crippen LogP contribution in [0.25, 0.3) is 0 Å². The van der Waals surface area contributed by atoms with E-state index < -0.39 is 17.9 Å². The lowest BCUT2D eigenvalue weighted by molar-refractivity contribution is -0.139. The summed E-state index contributed by atoms with van der Waals surface area (Å²) in [6.45, 7) is 1.53. The standard InChI is InChI=1S/C10H11N5O4/c1-5-13-8(15-19-5)9(16)14-7(10(17)18)2-6-3-11-4-12-6/h3-4,7H,2H2,1H3,(H,11,12)(H,14,16)(H,17,18)/t7-/m0/s1. The highest BCUT2D eigenvalue weighted by molar-refractivity contribution is 5.93. The Labute approximate surface area is 107 Å². The van der Waals surface area contributed by atoms with E-state index in [9.17, 15) is 9.59 Å². The van der Waals surface area contributed by atoms with Crippen LogP contribution in [0.5, 0.6) is 0 Å². The molecule has 0 unspecified atom stereocenters. The summed E-state index contributed by atoms with van der Waals surface area (Å²) in [5, 5.41) is 14.8. The zero-order valence-corrected chi connectivity index (χ0v) is 9.95. The van der Waals surface area contributed by atoms with Crippen molar-refractivity contribution < 1.29 is 19.2 Å². The molecule has 0 aliphatic heterocycles. The second kappa shape index (κ2) is 5.29. The number of rotatable bonds is 5. The molecule has 100 valence electrons. The third-order valence-electron chi connectivity index (χ3n) is 2.31. The zero-order chi connectivity index (χ0) is 13.8. The van der Waals surface area contributed by atoms with Crippen molar-refractivity contribution in [1.82, 2.24) is 25.4 Å². The van der Waals surface area contributed by atoms with Crippen LogP contribution >= 0.6 is 0 Å². The molecule has 19 heavy (non-hydrogen) atoms. The number of aliphatic carboxylic acids is 1. The van der Waals surface area contributed by atoms with Gasteiger partial charge in [-0.05, 0) is 0 Å². The molecule has 0 aliphatic rings. The summed E-state index contributed by atoms with van der Waals surface area (Å²) < 4.78 is 4.65. The number of hydrogen-bond acceptors (Lipinski definition) is 6.